The number of rotatable bonds is 6. The molecule has 0 bridgehead atoms. The molecule has 0 radical (unpaired) electrons. The number of amides is 1. The molecule has 0 aliphatic carbocycles. The van der Waals surface area contributed by atoms with Gasteiger partial charge in [0, 0.05) is 11.4 Å². The van der Waals surface area contributed by atoms with Crippen molar-refractivity contribution in [1.29, 1.82) is 0 Å². The highest BCUT2D eigenvalue weighted by atomic mass is 79.9. The average Bonchev–Trinajstić information content (AvgIpc) is 2.47. The normalized spacial score (nSPS) is 11.9. The van der Waals surface area contributed by atoms with E-state index in [-0.39, 0.29) is 11.9 Å². The fourth-order valence-corrected chi connectivity index (χ4v) is 2.72. The summed E-state index contributed by atoms with van der Waals surface area (Å²) in [4.78, 5) is 12.2. The van der Waals surface area contributed by atoms with Crippen molar-refractivity contribution in [2.75, 3.05) is 5.33 Å². The molecule has 2 nitrogen and oxygen atoms in total. The third kappa shape index (κ3) is 5.35. The number of hydrogen-bond donors (Lipinski definition) is 1. The van der Waals surface area contributed by atoms with Gasteiger partial charge in [0.15, 0.2) is 0 Å². The highest BCUT2D eigenvalue weighted by Gasteiger charge is 2.12. The summed E-state index contributed by atoms with van der Waals surface area (Å²) in [5.41, 5.74) is 3.47. The molecular formula is C18H20BrNO. The third-order valence-electron chi connectivity index (χ3n) is 3.32. The molecule has 2 aromatic rings. The minimum absolute atomic E-state index is 0.0704. The SMILES string of the molecule is Cc1cccc(CC(=O)NC(CBr)Cc2ccccc2)c1. The van der Waals surface area contributed by atoms with Gasteiger partial charge in [-0.05, 0) is 24.5 Å². The second kappa shape index (κ2) is 7.99. The Bertz CT molecular complexity index is 583. The van der Waals surface area contributed by atoms with Gasteiger partial charge in [0.1, 0.15) is 0 Å². The minimum Gasteiger partial charge on any atom is -0.352 e. The topological polar surface area (TPSA) is 29.1 Å². The van der Waals surface area contributed by atoms with Crippen LogP contribution in [0.3, 0.4) is 0 Å². The van der Waals surface area contributed by atoms with Crippen LogP contribution in [0, 0.1) is 6.92 Å². The molecule has 21 heavy (non-hydrogen) atoms. The van der Waals surface area contributed by atoms with E-state index in [0.717, 1.165) is 17.3 Å². The summed E-state index contributed by atoms with van der Waals surface area (Å²) in [5.74, 6) is 0.0704. The zero-order chi connectivity index (χ0) is 15.1. The predicted molar refractivity (Wildman–Crippen MR) is 90.8 cm³/mol. The monoisotopic (exact) mass is 345 g/mol. The van der Waals surface area contributed by atoms with Crippen molar-refractivity contribution in [2.24, 2.45) is 0 Å². The molecule has 2 aromatic carbocycles. The van der Waals surface area contributed by atoms with Crippen LogP contribution in [-0.2, 0) is 17.6 Å². The number of aryl methyl sites for hydroxylation is 1. The standard InChI is InChI=1S/C18H20BrNO/c1-14-6-5-9-16(10-14)12-18(21)20-17(13-19)11-15-7-3-2-4-8-15/h2-10,17H,11-13H2,1H3,(H,20,21). The van der Waals surface area contributed by atoms with Crippen LogP contribution in [0.15, 0.2) is 54.6 Å². The van der Waals surface area contributed by atoms with Crippen molar-refractivity contribution in [3.8, 4) is 0 Å². The number of halogens is 1. The lowest BCUT2D eigenvalue weighted by molar-refractivity contribution is -0.121. The Morgan fingerprint density at radius 1 is 1.10 bits per heavy atom. The molecular weight excluding hydrogens is 326 g/mol. The van der Waals surface area contributed by atoms with E-state index in [1.54, 1.807) is 0 Å². The van der Waals surface area contributed by atoms with Gasteiger partial charge in [-0.2, -0.15) is 0 Å². The van der Waals surface area contributed by atoms with Crippen LogP contribution in [0.5, 0.6) is 0 Å². The molecule has 0 fully saturated rings. The van der Waals surface area contributed by atoms with Gasteiger partial charge in [0.05, 0.1) is 6.42 Å². The van der Waals surface area contributed by atoms with Gasteiger partial charge in [-0.1, -0.05) is 76.1 Å². The van der Waals surface area contributed by atoms with Gasteiger partial charge in [0.2, 0.25) is 5.91 Å². The lowest BCUT2D eigenvalue weighted by Crippen LogP contribution is -2.38. The number of hydrogen-bond acceptors (Lipinski definition) is 1. The second-order valence-corrected chi connectivity index (χ2v) is 5.92. The van der Waals surface area contributed by atoms with Crippen LogP contribution in [-0.4, -0.2) is 17.3 Å². The quantitative estimate of drug-likeness (QED) is 0.795. The number of nitrogens with one attached hydrogen (secondary N) is 1. The molecule has 0 spiro atoms. The minimum atomic E-state index is 0.0704. The molecule has 2 rings (SSSR count). The highest BCUT2D eigenvalue weighted by Crippen LogP contribution is 2.07. The molecule has 1 atom stereocenters. The molecule has 0 heterocycles. The lowest BCUT2D eigenvalue weighted by Gasteiger charge is -2.16. The molecule has 0 saturated carbocycles. The van der Waals surface area contributed by atoms with Crippen LogP contribution in [0.1, 0.15) is 16.7 Å². The van der Waals surface area contributed by atoms with Gasteiger partial charge in [-0.3, -0.25) is 4.79 Å². The Morgan fingerprint density at radius 2 is 1.81 bits per heavy atom. The summed E-state index contributed by atoms with van der Waals surface area (Å²) in [5, 5.41) is 3.85. The summed E-state index contributed by atoms with van der Waals surface area (Å²) in [7, 11) is 0. The summed E-state index contributed by atoms with van der Waals surface area (Å²) in [6, 6.07) is 18.4. The first-order valence-corrected chi connectivity index (χ1v) is 8.24. The van der Waals surface area contributed by atoms with E-state index < -0.39 is 0 Å². The van der Waals surface area contributed by atoms with Gasteiger partial charge in [-0.15, -0.1) is 0 Å². The maximum atomic E-state index is 12.2. The van der Waals surface area contributed by atoms with Crippen LogP contribution in [0.4, 0.5) is 0 Å². The van der Waals surface area contributed by atoms with E-state index >= 15 is 0 Å². The summed E-state index contributed by atoms with van der Waals surface area (Å²) < 4.78 is 0. The van der Waals surface area contributed by atoms with Crippen molar-refractivity contribution < 1.29 is 4.79 Å². The maximum absolute atomic E-state index is 12.2. The summed E-state index contributed by atoms with van der Waals surface area (Å²) in [6.45, 7) is 2.04. The van der Waals surface area contributed by atoms with E-state index in [2.05, 4.69) is 39.4 Å². The number of carbonyl (C=O) groups is 1. The Kier molecular flexibility index (Phi) is 6.00. The van der Waals surface area contributed by atoms with E-state index in [4.69, 9.17) is 0 Å². The zero-order valence-electron chi connectivity index (χ0n) is 12.2. The highest BCUT2D eigenvalue weighted by molar-refractivity contribution is 9.09. The van der Waals surface area contributed by atoms with Crippen molar-refractivity contribution in [1.82, 2.24) is 5.32 Å². The van der Waals surface area contributed by atoms with E-state index in [1.807, 2.05) is 43.3 Å². The molecule has 110 valence electrons. The molecule has 1 amide bonds. The van der Waals surface area contributed by atoms with Crippen molar-refractivity contribution >= 4 is 21.8 Å². The summed E-state index contributed by atoms with van der Waals surface area (Å²) in [6.07, 6.45) is 1.27. The second-order valence-electron chi connectivity index (χ2n) is 5.27. The van der Waals surface area contributed by atoms with E-state index in [1.165, 1.54) is 11.1 Å². The first kappa shape index (κ1) is 15.8. The van der Waals surface area contributed by atoms with Crippen LogP contribution in [0.2, 0.25) is 0 Å². The fourth-order valence-electron chi connectivity index (χ4n) is 2.33. The number of benzene rings is 2. The van der Waals surface area contributed by atoms with Gasteiger partial charge in [-0.25, -0.2) is 0 Å². The van der Waals surface area contributed by atoms with E-state index in [0.29, 0.717) is 6.42 Å². The first-order chi connectivity index (χ1) is 10.2. The predicted octanol–water partition coefficient (Wildman–Crippen LogP) is 3.66. The molecule has 0 aromatic heterocycles. The molecule has 1 N–H and O–H groups in total. The zero-order valence-corrected chi connectivity index (χ0v) is 13.8. The van der Waals surface area contributed by atoms with E-state index in [9.17, 15) is 4.79 Å². The smallest absolute Gasteiger partial charge is 0.224 e. The molecule has 0 aliphatic rings. The van der Waals surface area contributed by atoms with Gasteiger partial charge >= 0.3 is 0 Å². The Labute approximate surface area is 134 Å². The Balaban J connectivity index is 1.90. The largest absolute Gasteiger partial charge is 0.352 e. The van der Waals surface area contributed by atoms with Crippen LogP contribution in [0.25, 0.3) is 0 Å². The maximum Gasteiger partial charge on any atom is 0.224 e. The third-order valence-corrected chi connectivity index (χ3v) is 4.11. The first-order valence-electron chi connectivity index (χ1n) is 7.12. The molecule has 1 unspecified atom stereocenters. The van der Waals surface area contributed by atoms with Crippen LogP contribution < -0.4 is 5.32 Å². The van der Waals surface area contributed by atoms with Crippen molar-refractivity contribution in [3.05, 3.63) is 71.3 Å². The van der Waals surface area contributed by atoms with Crippen molar-refractivity contribution in [3.63, 3.8) is 0 Å². The number of carbonyl (C=O) groups excluding carboxylic acids is 1. The Hall–Kier alpha value is -1.61. The lowest BCUT2D eigenvalue weighted by atomic mass is 10.1. The Morgan fingerprint density at radius 3 is 2.48 bits per heavy atom. The number of alkyl halides is 1. The van der Waals surface area contributed by atoms with Gasteiger partial charge in [0.25, 0.3) is 0 Å². The summed E-state index contributed by atoms with van der Waals surface area (Å²) >= 11 is 3.48. The van der Waals surface area contributed by atoms with Crippen molar-refractivity contribution in [2.45, 2.75) is 25.8 Å². The molecule has 3 heteroatoms. The average molecular weight is 346 g/mol. The fraction of sp³-hybridized carbons (Fsp3) is 0.278. The molecule has 0 saturated heterocycles. The van der Waals surface area contributed by atoms with Gasteiger partial charge < -0.3 is 5.32 Å². The molecule has 0 aliphatic heterocycles. The van der Waals surface area contributed by atoms with Crippen LogP contribution >= 0.6 is 15.9 Å².